The predicted octanol–water partition coefficient (Wildman–Crippen LogP) is 3.62. The molecule has 11 nitrogen and oxygen atoms in total. The number of nitrogens with one attached hydrogen (secondary N) is 1. The van der Waals surface area contributed by atoms with E-state index < -0.39 is 34.3 Å². The minimum atomic E-state index is -1.50. The highest BCUT2D eigenvalue weighted by molar-refractivity contribution is 6.06. The molecule has 1 aromatic carbocycles. The molecule has 5 saturated carbocycles. The van der Waals surface area contributed by atoms with Crippen molar-refractivity contribution in [1.29, 1.82) is 0 Å². The number of aromatic nitrogens is 1. The molecule has 1 amide bonds. The summed E-state index contributed by atoms with van der Waals surface area (Å²) in [6.07, 6.45) is 8.26. The number of aryl methyl sites for hydroxylation is 1. The second kappa shape index (κ2) is 11.9. The molecule has 1 aliphatic heterocycles. The summed E-state index contributed by atoms with van der Waals surface area (Å²) in [5.74, 6) is -1.80. The number of benzene rings is 1. The molecule has 8 rings (SSSR count). The zero-order chi connectivity index (χ0) is 35.2. The summed E-state index contributed by atoms with van der Waals surface area (Å²) >= 11 is 0. The van der Waals surface area contributed by atoms with Gasteiger partial charge in [0, 0.05) is 87.9 Å². The SMILES string of the molecule is CCN1C[C@]2(OC(=O)c3ccccc3NC(=O)/C=C/c3cnccc3C)CC[C@H](OC)[C@]34C1[C@@H](C[C@H]23)[C@@]1(O)C[C@H](OC)[C@H]2C[C@@H]4[C@]1(O)C2OC. The minimum Gasteiger partial charge on any atom is -0.454 e. The number of esters is 1. The summed E-state index contributed by atoms with van der Waals surface area (Å²) in [7, 11) is 5.05. The molecule has 268 valence electrons. The molecule has 11 heteroatoms. The molecule has 1 saturated heterocycles. The Morgan fingerprint density at radius 1 is 1.08 bits per heavy atom. The van der Waals surface area contributed by atoms with E-state index >= 15 is 0 Å². The number of fused-ring (bicyclic) bond motifs is 2. The number of rotatable bonds is 9. The fourth-order valence-electron chi connectivity index (χ4n) is 12.4. The molecular weight excluding hydrogens is 638 g/mol. The third-order valence-electron chi connectivity index (χ3n) is 14.1. The number of carbonyl (C=O) groups is 2. The van der Waals surface area contributed by atoms with Crippen molar-refractivity contribution < 1.29 is 38.7 Å². The number of likely N-dealkylation sites (N-methyl/N-ethyl adjacent to an activating group) is 1. The highest BCUT2D eigenvalue weighted by Crippen LogP contribution is 2.79. The maximum Gasteiger partial charge on any atom is 0.340 e. The fraction of sp³-hybridized carbons (Fsp3) is 0.615. The second-order valence-corrected chi connectivity index (χ2v) is 15.6. The van der Waals surface area contributed by atoms with Crippen LogP contribution in [0.15, 0.2) is 48.8 Å². The molecular formula is C39H49N3O8. The Morgan fingerprint density at radius 3 is 2.60 bits per heavy atom. The number of amides is 1. The van der Waals surface area contributed by atoms with E-state index in [9.17, 15) is 19.8 Å². The standard InChI is InChI=1S/C39H49N3O8/c1-6-42-21-36(50-35(44)24-9-7-8-10-27(24)41-32(43)12-11-23-20-40-16-14-22(23)2)15-13-31(48-4)38-29(36)18-26(33(38)42)37(45)19-28(47-3)25-17-30(38)39(37,46)34(25)49-5/h7-12,14,16,20,25-26,28-31,33-34,45-46H,6,13,15,17-19,21H2,1-5H3,(H,41,43)/b12-11+/t25-,26-,28+,29-,30+,31+,33?,34?,36-,37+,38+,39+/m1/s1. The van der Waals surface area contributed by atoms with Gasteiger partial charge in [0.25, 0.3) is 0 Å². The normalized spacial score (nSPS) is 42.5. The number of methoxy groups -OCH3 is 3. The Hall–Kier alpha value is -3.19. The van der Waals surface area contributed by atoms with Crippen LogP contribution in [0.1, 0.15) is 60.5 Å². The van der Waals surface area contributed by atoms with Crippen LogP contribution in [0.5, 0.6) is 0 Å². The van der Waals surface area contributed by atoms with Crippen LogP contribution >= 0.6 is 0 Å². The van der Waals surface area contributed by atoms with E-state index in [0.717, 1.165) is 11.1 Å². The number of aliphatic hydroxyl groups is 2. The number of likely N-dealkylation sites (tertiary alicyclic amines) is 1. The van der Waals surface area contributed by atoms with Crippen molar-refractivity contribution in [1.82, 2.24) is 9.88 Å². The molecule has 7 bridgehead atoms. The van der Waals surface area contributed by atoms with E-state index in [2.05, 4.69) is 22.1 Å². The average molecular weight is 688 g/mol. The Labute approximate surface area is 293 Å². The van der Waals surface area contributed by atoms with Gasteiger partial charge in [0.05, 0.1) is 29.6 Å². The van der Waals surface area contributed by atoms with Crippen LogP contribution in [0.3, 0.4) is 0 Å². The number of anilines is 1. The first kappa shape index (κ1) is 33.9. The van der Waals surface area contributed by atoms with E-state index in [1.165, 1.54) is 6.08 Å². The Morgan fingerprint density at radius 2 is 1.88 bits per heavy atom. The molecule has 2 aromatic rings. The molecule has 12 atom stereocenters. The number of nitrogens with zero attached hydrogens (tertiary/aromatic N) is 2. The molecule has 2 unspecified atom stereocenters. The summed E-state index contributed by atoms with van der Waals surface area (Å²) in [6, 6.07) is 8.74. The minimum absolute atomic E-state index is 0.0708. The zero-order valence-electron chi connectivity index (χ0n) is 29.5. The lowest BCUT2D eigenvalue weighted by atomic mass is 9.44. The van der Waals surface area contributed by atoms with Crippen LogP contribution < -0.4 is 5.32 Å². The van der Waals surface area contributed by atoms with Gasteiger partial charge in [-0.3, -0.25) is 14.7 Å². The van der Waals surface area contributed by atoms with Crippen LogP contribution in [-0.4, -0.2) is 108 Å². The van der Waals surface area contributed by atoms with Crippen molar-refractivity contribution in [2.75, 3.05) is 39.7 Å². The van der Waals surface area contributed by atoms with Gasteiger partial charge in [-0.2, -0.15) is 0 Å². The molecule has 0 radical (unpaired) electrons. The van der Waals surface area contributed by atoms with Gasteiger partial charge >= 0.3 is 5.97 Å². The van der Waals surface area contributed by atoms with Gasteiger partial charge in [-0.1, -0.05) is 19.1 Å². The Bertz CT molecular complexity index is 1720. The number of hydrogen-bond acceptors (Lipinski definition) is 10. The van der Waals surface area contributed by atoms with E-state index in [1.54, 1.807) is 64.1 Å². The van der Waals surface area contributed by atoms with Gasteiger partial charge < -0.3 is 34.5 Å². The van der Waals surface area contributed by atoms with Crippen molar-refractivity contribution in [3.05, 3.63) is 65.5 Å². The van der Waals surface area contributed by atoms with Gasteiger partial charge in [-0.25, -0.2) is 4.79 Å². The third kappa shape index (κ3) is 4.28. The molecule has 1 spiro atoms. The molecule has 1 aromatic heterocycles. The molecule has 2 heterocycles. The van der Waals surface area contributed by atoms with E-state index in [1.807, 2.05) is 13.0 Å². The summed E-state index contributed by atoms with van der Waals surface area (Å²) in [4.78, 5) is 34.0. The average Bonchev–Trinajstić information content (AvgIpc) is 3.54. The maximum absolute atomic E-state index is 14.4. The van der Waals surface area contributed by atoms with Crippen molar-refractivity contribution in [2.24, 2.45) is 29.1 Å². The van der Waals surface area contributed by atoms with E-state index in [0.29, 0.717) is 50.9 Å². The molecule has 5 aliphatic carbocycles. The lowest BCUT2D eigenvalue weighted by Crippen LogP contribution is -2.83. The van der Waals surface area contributed by atoms with Gasteiger partial charge in [0.2, 0.25) is 5.91 Å². The first-order valence-electron chi connectivity index (χ1n) is 18.0. The number of pyridine rings is 1. The number of ether oxygens (including phenoxy) is 4. The largest absolute Gasteiger partial charge is 0.454 e. The van der Waals surface area contributed by atoms with E-state index in [-0.39, 0.29) is 53.4 Å². The first-order chi connectivity index (χ1) is 24.0. The number of para-hydroxylation sites is 1. The van der Waals surface area contributed by atoms with Crippen LogP contribution in [0.25, 0.3) is 6.08 Å². The van der Waals surface area contributed by atoms with Crippen LogP contribution in [0.4, 0.5) is 5.69 Å². The predicted molar refractivity (Wildman–Crippen MR) is 184 cm³/mol. The zero-order valence-corrected chi connectivity index (χ0v) is 29.5. The monoisotopic (exact) mass is 687 g/mol. The molecule has 6 aliphatic rings. The Kier molecular flexibility index (Phi) is 8.09. The maximum atomic E-state index is 14.4. The van der Waals surface area contributed by atoms with Crippen LogP contribution in [-0.2, 0) is 23.7 Å². The van der Waals surface area contributed by atoms with Crippen molar-refractivity contribution in [3.63, 3.8) is 0 Å². The van der Waals surface area contributed by atoms with Gasteiger partial charge in [-0.15, -0.1) is 0 Å². The summed E-state index contributed by atoms with van der Waals surface area (Å²) < 4.78 is 25.3. The van der Waals surface area contributed by atoms with Gasteiger partial charge in [0.15, 0.2) is 0 Å². The summed E-state index contributed by atoms with van der Waals surface area (Å²) in [5.41, 5.74) is -1.99. The lowest BCUT2D eigenvalue weighted by Gasteiger charge is -2.70. The number of carbonyl (C=O) groups excluding carboxylic acids is 2. The van der Waals surface area contributed by atoms with Crippen molar-refractivity contribution in [3.8, 4) is 0 Å². The quantitative estimate of drug-likeness (QED) is 0.265. The highest BCUT2D eigenvalue weighted by atomic mass is 16.6. The second-order valence-electron chi connectivity index (χ2n) is 15.6. The first-order valence-corrected chi connectivity index (χ1v) is 18.0. The fourth-order valence-corrected chi connectivity index (χ4v) is 12.4. The topological polar surface area (TPSA) is 140 Å². The highest BCUT2D eigenvalue weighted by Gasteiger charge is 2.89. The molecule has 50 heavy (non-hydrogen) atoms. The third-order valence-corrected chi connectivity index (χ3v) is 14.1. The van der Waals surface area contributed by atoms with Gasteiger partial charge in [0.1, 0.15) is 16.8 Å². The van der Waals surface area contributed by atoms with Crippen molar-refractivity contribution >= 4 is 23.6 Å². The molecule has 3 N–H and O–H groups in total. The van der Waals surface area contributed by atoms with Crippen LogP contribution in [0, 0.1) is 36.0 Å². The lowest BCUT2D eigenvalue weighted by molar-refractivity contribution is -0.337. The van der Waals surface area contributed by atoms with Crippen LogP contribution in [0.2, 0.25) is 0 Å². The summed E-state index contributed by atoms with van der Waals surface area (Å²) in [5, 5.41) is 28.8. The van der Waals surface area contributed by atoms with Crippen molar-refractivity contribution in [2.45, 2.75) is 87.1 Å². The van der Waals surface area contributed by atoms with Gasteiger partial charge in [-0.05, 0) is 74.6 Å². The number of piperidine rings is 1. The smallest absolute Gasteiger partial charge is 0.340 e. The molecule has 6 fully saturated rings. The Balaban J connectivity index is 1.16. The van der Waals surface area contributed by atoms with E-state index in [4.69, 9.17) is 18.9 Å². The number of hydrogen-bond donors (Lipinski definition) is 3. The summed E-state index contributed by atoms with van der Waals surface area (Å²) in [6.45, 7) is 5.27.